The Hall–Kier alpha value is -3.14. The number of rotatable bonds is 5. The van der Waals surface area contributed by atoms with Crippen LogP contribution in [0, 0.1) is 5.82 Å². The van der Waals surface area contributed by atoms with Crippen LogP contribution >= 0.6 is 0 Å². The number of para-hydroxylation sites is 1. The smallest absolute Gasteiger partial charge is 0.338 e. The third kappa shape index (κ3) is 3.86. The maximum absolute atomic E-state index is 13.6. The zero-order valence-electron chi connectivity index (χ0n) is 13.8. The Balaban J connectivity index is 1.77. The molecule has 4 heteroatoms. The lowest BCUT2D eigenvalue weighted by Crippen LogP contribution is -2.03. The Morgan fingerprint density at radius 1 is 0.960 bits per heavy atom. The second kappa shape index (κ2) is 7.62. The summed E-state index contributed by atoms with van der Waals surface area (Å²) in [5, 5.41) is 3.08. The molecule has 0 heterocycles. The normalized spacial score (nSPS) is 10.3. The molecule has 0 spiro atoms. The number of hydrogen-bond donors (Lipinski definition) is 1. The zero-order valence-corrected chi connectivity index (χ0v) is 13.8. The molecule has 0 unspecified atom stereocenters. The molecule has 25 heavy (non-hydrogen) atoms. The number of carbonyl (C=O) groups is 1. The number of hydrogen-bond acceptors (Lipinski definition) is 3. The molecule has 0 aliphatic heterocycles. The van der Waals surface area contributed by atoms with Crippen molar-refractivity contribution in [2.75, 3.05) is 12.4 Å². The van der Waals surface area contributed by atoms with Gasteiger partial charge in [-0.2, -0.15) is 0 Å². The van der Waals surface area contributed by atoms with Crippen LogP contribution in [0.4, 0.5) is 10.1 Å². The summed E-state index contributed by atoms with van der Waals surface area (Å²) in [4.78, 5) is 11.9. The molecule has 0 saturated heterocycles. The van der Waals surface area contributed by atoms with Crippen LogP contribution in [-0.2, 0) is 11.3 Å². The van der Waals surface area contributed by atoms with Crippen LogP contribution in [0.5, 0.6) is 0 Å². The molecule has 0 aliphatic rings. The molecule has 0 aromatic heterocycles. The van der Waals surface area contributed by atoms with Gasteiger partial charge in [0.25, 0.3) is 0 Å². The van der Waals surface area contributed by atoms with Crippen molar-refractivity contribution in [1.82, 2.24) is 0 Å². The second-order valence-electron chi connectivity index (χ2n) is 5.57. The van der Waals surface area contributed by atoms with Gasteiger partial charge in [-0.25, -0.2) is 9.18 Å². The highest BCUT2D eigenvalue weighted by molar-refractivity contribution is 5.97. The first-order valence-electron chi connectivity index (χ1n) is 7.94. The van der Waals surface area contributed by atoms with Crippen molar-refractivity contribution in [1.29, 1.82) is 0 Å². The molecule has 0 atom stereocenters. The highest BCUT2D eigenvalue weighted by Crippen LogP contribution is 2.25. The van der Waals surface area contributed by atoms with Crippen molar-refractivity contribution < 1.29 is 13.9 Å². The molecule has 0 fully saturated rings. The fraction of sp³-hybridized carbons (Fsp3) is 0.0952. The van der Waals surface area contributed by atoms with Crippen molar-refractivity contribution in [3.8, 4) is 11.1 Å². The van der Waals surface area contributed by atoms with Gasteiger partial charge in [-0.05, 0) is 34.9 Å². The number of benzene rings is 3. The van der Waals surface area contributed by atoms with Gasteiger partial charge in [0.2, 0.25) is 0 Å². The summed E-state index contributed by atoms with van der Waals surface area (Å²) in [6.45, 7) is 0.514. The van der Waals surface area contributed by atoms with Gasteiger partial charge < -0.3 is 10.1 Å². The summed E-state index contributed by atoms with van der Waals surface area (Å²) in [7, 11) is 1.37. The predicted octanol–water partition coefficient (Wildman–Crippen LogP) is 4.89. The summed E-state index contributed by atoms with van der Waals surface area (Å²) >= 11 is 0. The van der Waals surface area contributed by atoms with Gasteiger partial charge in [-0.1, -0.05) is 54.6 Å². The summed E-state index contributed by atoms with van der Waals surface area (Å²) in [5.74, 6) is -0.632. The Kier molecular flexibility index (Phi) is 5.09. The topological polar surface area (TPSA) is 38.3 Å². The monoisotopic (exact) mass is 335 g/mol. The number of halogens is 1. The van der Waals surface area contributed by atoms with Gasteiger partial charge in [-0.3, -0.25) is 0 Å². The van der Waals surface area contributed by atoms with Crippen LogP contribution in [0.3, 0.4) is 0 Å². The number of nitrogens with one attached hydrogen (secondary N) is 1. The van der Waals surface area contributed by atoms with Crippen molar-refractivity contribution >= 4 is 11.7 Å². The molecule has 0 radical (unpaired) electrons. The molecule has 3 aromatic carbocycles. The molecular weight excluding hydrogens is 317 g/mol. The zero-order chi connectivity index (χ0) is 17.6. The summed E-state index contributed by atoms with van der Waals surface area (Å²) in [6.07, 6.45) is 0. The van der Waals surface area contributed by atoms with E-state index in [1.807, 2.05) is 42.5 Å². The van der Waals surface area contributed by atoms with Crippen molar-refractivity contribution in [2.24, 2.45) is 0 Å². The van der Waals surface area contributed by atoms with Crippen molar-refractivity contribution in [3.63, 3.8) is 0 Å². The standard InChI is InChI=1S/C21H18FNO2/c1-25-21(24)18-7-3-2-6-17(18)16-12-10-15(11-13-16)14-23-20-9-5-4-8-19(20)22/h2-13,23H,14H2,1H3. The third-order valence-electron chi connectivity index (χ3n) is 3.95. The van der Waals surface area contributed by atoms with E-state index >= 15 is 0 Å². The first kappa shape index (κ1) is 16.7. The number of ether oxygens (including phenoxy) is 1. The number of methoxy groups -OCH3 is 1. The SMILES string of the molecule is COC(=O)c1ccccc1-c1ccc(CNc2ccccc2F)cc1. The van der Waals surface area contributed by atoms with E-state index in [1.165, 1.54) is 13.2 Å². The van der Waals surface area contributed by atoms with E-state index in [-0.39, 0.29) is 11.8 Å². The van der Waals surface area contributed by atoms with E-state index in [2.05, 4.69) is 5.32 Å². The average molecular weight is 335 g/mol. The summed E-state index contributed by atoms with van der Waals surface area (Å²) < 4.78 is 18.5. The van der Waals surface area contributed by atoms with E-state index in [4.69, 9.17) is 4.74 Å². The fourth-order valence-electron chi connectivity index (χ4n) is 2.63. The van der Waals surface area contributed by atoms with Crippen LogP contribution in [0.15, 0.2) is 72.8 Å². The van der Waals surface area contributed by atoms with E-state index in [9.17, 15) is 9.18 Å². The van der Waals surface area contributed by atoms with Crippen LogP contribution in [0.2, 0.25) is 0 Å². The number of anilines is 1. The lowest BCUT2D eigenvalue weighted by atomic mass is 9.98. The maximum Gasteiger partial charge on any atom is 0.338 e. The van der Waals surface area contributed by atoms with E-state index in [0.717, 1.165) is 16.7 Å². The van der Waals surface area contributed by atoms with E-state index in [0.29, 0.717) is 17.8 Å². The minimum absolute atomic E-state index is 0.272. The van der Waals surface area contributed by atoms with Gasteiger partial charge in [0.1, 0.15) is 5.82 Å². The Morgan fingerprint density at radius 3 is 2.36 bits per heavy atom. The molecule has 3 rings (SSSR count). The Bertz CT molecular complexity index is 875. The highest BCUT2D eigenvalue weighted by atomic mass is 19.1. The molecule has 3 aromatic rings. The minimum Gasteiger partial charge on any atom is -0.465 e. The quantitative estimate of drug-likeness (QED) is 0.675. The van der Waals surface area contributed by atoms with Gasteiger partial charge >= 0.3 is 5.97 Å². The first-order chi connectivity index (χ1) is 12.2. The van der Waals surface area contributed by atoms with Crippen LogP contribution in [0.25, 0.3) is 11.1 Å². The van der Waals surface area contributed by atoms with Gasteiger partial charge in [-0.15, -0.1) is 0 Å². The predicted molar refractivity (Wildman–Crippen MR) is 96.9 cm³/mol. The van der Waals surface area contributed by atoms with Gasteiger partial charge in [0.05, 0.1) is 18.4 Å². The second-order valence-corrected chi connectivity index (χ2v) is 5.57. The molecule has 0 saturated carbocycles. The van der Waals surface area contributed by atoms with E-state index in [1.54, 1.807) is 24.3 Å². The lowest BCUT2D eigenvalue weighted by Gasteiger charge is -2.10. The lowest BCUT2D eigenvalue weighted by molar-refractivity contribution is 0.0601. The first-order valence-corrected chi connectivity index (χ1v) is 7.94. The average Bonchev–Trinajstić information content (AvgIpc) is 2.67. The van der Waals surface area contributed by atoms with Crippen LogP contribution in [0.1, 0.15) is 15.9 Å². The molecule has 0 amide bonds. The van der Waals surface area contributed by atoms with Crippen LogP contribution in [-0.4, -0.2) is 13.1 Å². The molecule has 126 valence electrons. The Morgan fingerprint density at radius 2 is 1.64 bits per heavy atom. The van der Waals surface area contributed by atoms with Gasteiger partial charge in [0.15, 0.2) is 0 Å². The number of esters is 1. The van der Waals surface area contributed by atoms with Crippen LogP contribution < -0.4 is 5.32 Å². The van der Waals surface area contributed by atoms with Crippen molar-refractivity contribution in [3.05, 3.63) is 89.7 Å². The molecule has 1 N–H and O–H groups in total. The van der Waals surface area contributed by atoms with Gasteiger partial charge in [0, 0.05) is 6.54 Å². The van der Waals surface area contributed by atoms with E-state index < -0.39 is 0 Å². The summed E-state index contributed by atoms with van der Waals surface area (Å²) in [5.41, 5.74) is 3.77. The number of carbonyl (C=O) groups excluding carboxylic acids is 1. The molecular formula is C21H18FNO2. The molecule has 3 nitrogen and oxygen atoms in total. The molecule has 0 bridgehead atoms. The Labute approximate surface area is 146 Å². The molecule has 0 aliphatic carbocycles. The minimum atomic E-state index is -0.360. The van der Waals surface area contributed by atoms with Crippen molar-refractivity contribution in [2.45, 2.75) is 6.54 Å². The largest absolute Gasteiger partial charge is 0.465 e. The highest BCUT2D eigenvalue weighted by Gasteiger charge is 2.12. The summed E-state index contributed by atoms with van der Waals surface area (Å²) in [6, 6.07) is 21.7. The third-order valence-corrected chi connectivity index (χ3v) is 3.95. The fourth-order valence-corrected chi connectivity index (χ4v) is 2.63. The maximum atomic E-state index is 13.6.